The first-order chi connectivity index (χ1) is 10.3. The summed E-state index contributed by atoms with van der Waals surface area (Å²) in [7, 11) is 1.64. The first-order valence-electron chi connectivity index (χ1n) is 7.01. The van der Waals surface area contributed by atoms with Gasteiger partial charge in [0.1, 0.15) is 6.61 Å². The molecule has 0 unspecified atom stereocenters. The van der Waals surface area contributed by atoms with E-state index in [0.29, 0.717) is 25.4 Å². The van der Waals surface area contributed by atoms with E-state index in [0.717, 1.165) is 23.1 Å². The fourth-order valence-electron chi connectivity index (χ4n) is 2.54. The van der Waals surface area contributed by atoms with Gasteiger partial charge < -0.3 is 19.7 Å². The predicted octanol–water partition coefficient (Wildman–Crippen LogP) is 2.25. The number of hydrogen-bond acceptors (Lipinski definition) is 3. The molecular formula is C16H18N2O3. The Bertz CT molecular complexity index is 657. The Morgan fingerprint density at radius 3 is 2.86 bits per heavy atom. The molecule has 1 saturated heterocycles. The highest BCUT2D eigenvalue weighted by molar-refractivity contribution is 5.90. The molecule has 2 amide bonds. The van der Waals surface area contributed by atoms with E-state index in [9.17, 15) is 4.79 Å². The Hall–Kier alpha value is -2.43. The van der Waals surface area contributed by atoms with Gasteiger partial charge in [-0.25, -0.2) is 4.79 Å². The number of amides is 2. The fourth-order valence-corrected chi connectivity index (χ4v) is 2.54. The quantitative estimate of drug-likeness (QED) is 0.917. The van der Waals surface area contributed by atoms with Crippen LogP contribution in [0.4, 0.5) is 4.79 Å². The number of nitrogens with zero attached hydrogens (tertiary/aromatic N) is 1. The van der Waals surface area contributed by atoms with Crippen LogP contribution >= 0.6 is 0 Å². The van der Waals surface area contributed by atoms with Gasteiger partial charge in [0.15, 0.2) is 11.5 Å². The van der Waals surface area contributed by atoms with Gasteiger partial charge >= 0.3 is 6.03 Å². The third-order valence-corrected chi connectivity index (χ3v) is 3.61. The van der Waals surface area contributed by atoms with Crippen molar-refractivity contribution < 1.29 is 14.3 Å². The Kier molecular flexibility index (Phi) is 3.81. The van der Waals surface area contributed by atoms with Crippen molar-refractivity contribution in [1.82, 2.24) is 10.2 Å². The van der Waals surface area contributed by atoms with Gasteiger partial charge in [-0.1, -0.05) is 30.3 Å². The van der Waals surface area contributed by atoms with Crippen LogP contribution in [0.25, 0.3) is 10.8 Å². The lowest BCUT2D eigenvalue weighted by Crippen LogP contribution is -2.31. The summed E-state index contributed by atoms with van der Waals surface area (Å²) in [5, 5.41) is 4.91. The zero-order valence-corrected chi connectivity index (χ0v) is 12.0. The number of fused-ring (bicyclic) bond motifs is 1. The topological polar surface area (TPSA) is 50.8 Å². The highest BCUT2D eigenvalue weighted by Gasteiger charge is 2.19. The summed E-state index contributed by atoms with van der Waals surface area (Å²) in [5.41, 5.74) is 0. The number of hydrogen-bond donors (Lipinski definition) is 1. The van der Waals surface area contributed by atoms with Gasteiger partial charge in [-0.05, 0) is 11.5 Å². The highest BCUT2D eigenvalue weighted by Crippen LogP contribution is 2.35. The van der Waals surface area contributed by atoms with E-state index in [2.05, 4.69) is 5.32 Å². The molecule has 1 aliphatic rings. The van der Waals surface area contributed by atoms with Gasteiger partial charge in [-0.15, -0.1) is 0 Å². The molecular weight excluding hydrogens is 268 g/mol. The van der Waals surface area contributed by atoms with Crippen LogP contribution in [0.15, 0.2) is 36.4 Å². The van der Waals surface area contributed by atoms with Crippen LogP contribution in [-0.2, 0) is 0 Å². The van der Waals surface area contributed by atoms with Crippen molar-refractivity contribution in [2.75, 3.05) is 33.4 Å². The molecule has 0 aliphatic carbocycles. The zero-order chi connectivity index (χ0) is 14.7. The van der Waals surface area contributed by atoms with Crippen LogP contribution in [0.5, 0.6) is 11.5 Å². The second kappa shape index (κ2) is 5.91. The van der Waals surface area contributed by atoms with Crippen LogP contribution in [0.2, 0.25) is 0 Å². The molecule has 110 valence electrons. The molecule has 1 heterocycles. The molecule has 2 aromatic carbocycles. The molecule has 5 nitrogen and oxygen atoms in total. The van der Waals surface area contributed by atoms with Crippen molar-refractivity contribution in [2.24, 2.45) is 0 Å². The minimum atomic E-state index is -0.0240. The van der Waals surface area contributed by atoms with Crippen LogP contribution in [0, 0.1) is 0 Å². The Balaban J connectivity index is 1.73. The zero-order valence-electron chi connectivity index (χ0n) is 12.0. The summed E-state index contributed by atoms with van der Waals surface area (Å²) >= 11 is 0. The minimum absolute atomic E-state index is 0.0240. The fraction of sp³-hybridized carbons (Fsp3) is 0.312. The molecule has 2 aromatic rings. The first kappa shape index (κ1) is 13.5. The summed E-state index contributed by atoms with van der Waals surface area (Å²) in [6.45, 7) is 2.46. The molecule has 0 bridgehead atoms. The second-order valence-corrected chi connectivity index (χ2v) is 4.89. The summed E-state index contributed by atoms with van der Waals surface area (Å²) in [6.07, 6.45) is 0. The van der Waals surface area contributed by atoms with E-state index in [-0.39, 0.29) is 6.03 Å². The average molecular weight is 286 g/mol. The number of carbonyl (C=O) groups excluding carboxylic acids is 1. The minimum Gasteiger partial charge on any atom is -0.492 e. The molecule has 0 radical (unpaired) electrons. The lowest BCUT2D eigenvalue weighted by atomic mass is 10.1. The van der Waals surface area contributed by atoms with Crippen molar-refractivity contribution in [2.45, 2.75) is 0 Å². The van der Waals surface area contributed by atoms with Crippen molar-refractivity contribution in [3.8, 4) is 11.5 Å². The maximum absolute atomic E-state index is 11.4. The number of rotatable bonds is 5. The molecule has 0 spiro atoms. The van der Waals surface area contributed by atoms with Crippen LogP contribution in [-0.4, -0.2) is 44.3 Å². The molecule has 3 rings (SSSR count). The summed E-state index contributed by atoms with van der Waals surface area (Å²) in [4.78, 5) is 13.2. The molecule has 1 aliphatic heterocycles. The lowest BCUT2D eigenvalue weighted by Gasteiger charge is -2.16. The number of carbonyl (C=O) groups is 1. The highest BCUT2D eigenvalue weighted by atomic mass is 16.5. The summed E-state index contributed by atoms with van der Waals surface area (Å²) < 4.78 is 11.3. The van der Waals surface area contributed by atoms with E-state index in [4.69, 9.17) is 9.47 Å². The average Bonchev–Trinajstić information content (AvgIpc) is 2.92. The third kappa shape index (κ3) is 2.72. The maximum Gasteiger partial charge on any atom is 0.317 e. The van der Waals surface area contributed by atoms with Gasteiger partial charge in [0.05, 0.1) is 13.7 Å². The Labute approximate surface area is 123 Å². The van der Waals surface area contributed by atoms with Crippen molar-refractivity contribution in [1.29, 1.82) is 0 Å². The van der Waals surface area contributed by atoms with Crippen molar-refractivity contribution in [3.05, 3.63) is 36.4 Å². The van der Waals surface area contributed by atoms with Gasteiger partial charge in [-0.2, -0.15) is 0 Å². The van der Waals surface area contributed by atoms with Crippen LogP contribution < -0.4 is 14.8 Å². The second-order valence-electron chi connectivity index (χ2n) is 4.89. The van der Waals surface area contributed by atoms with E-state index in [1.54, 1.807) is 12.0 Å². The number of methoxy groups -OCH3 is 1. The van der Waals surface area contributed by atoms with Gasteiger partial charge in [0.25, 0.3) is 0 Å². The third-order valence-electron chi connectivity index (χ3n) is 3.61. The molecule has 0 saturated carbocycles. The predicted molar refractivity (Wildman–Crippen MR) is 81.0 cm³/mol. The Morgan fingerprint density at radius 2 is 2.10 bits per heavy atom. The van der Waals surface area contributed by atoms with Gasteiger partial charge in [-0.3, -0.25) is 0 Å². The number of benzene rings is 2. The Morgan fingerprint density at radius 1 is 1.24 bits per heavy atom. The van der Waals surface area contributed by atoms with E-state index >= 15 is 0 Å². The number of urea groups is 1. The maximum atomic E-state index is 11.4. The number of nitrogens with one attached hydrogen (secondary N) is 1. The van der Waals surface area contributed by atoms with Gasteiger partial charge in [0.2, 0.25) is 0 Å². The van der Waals surface area contributed by atoms with E-state index in [1.807, 2.05) is 36.4 Å². The first-order valence-corrected chi connectivity index (χ1v) is 7.01. The molecule has 0 aromatic heterocycles. The molecule has 0 atom stereocenters. The largest absolute Gasteiger partial charge is 0.492 e. The van der Waals surface area contributed by atoms with Crippen LogP contribution in [0.1, 0.15) is 0 Å². The van der Waals surface area contributed by atoms with Gasteiger partial charge in [0, 0.05) is 18.5 Å². The summed E-state index contributed by atoms with van der Waals surface area (Å²) in [5.74, 6) is 1.44. The van der Waals surface area contributed by atoms with E-state index < -0.39 is 0 Å². The molecule has 21 heavy (non-hydrogen) atoms. The smallest absolute Gasteiger partial charge is 0.317 e. The molecule has 5 heteroatoms. The standard InChI is InChI=1S/C16H18N2O3/c1-20-15-13-5-3-2-4-12(13)6-7-14(15)21-11-10-18-9-8-17-16(18)19/h2-7H,8-11H2,1H3,(H,17,19). The normalized spacial score (nSPS) is 14.3. The summed E-state index contributed by atoms with van der Waals surface area (Å²) in [6, 6.07) is 11.9. The lowest BCUT2D eigenvalue weighted by molar-refractivity contribution is 0.201. The monoisotopic (exact) mass is 286 g/mol. The molecule has 1 N–H and O–H groups in total. The molecule has 1 fully saturated rings. The van der Waals surface area contributed by atoms with Crippen molar-refractivity contribution in [3.63, 3.8) is 0 Å². The van der Waals surface area contributed by atoms with Crippen molar-refractivity contribution >= 4 is 16.8 Å². The number of ether oxygens (including phenoxy) is 2. The van der Waals surface area contributed by atoms with Crippen LogP contribution in [0.3, 0.4) is 0 Å². The SMILES string of the molecule is COc1c(OCCN2CCNC2=O)ccc2ccccc12. The van der Waals surface area contributed by atoms with E-state index in [1.165, 1.54) is 0 Å².